The van der Waals surface area contributed by atoms with Crippen LogP contribution in [0.3, 0.4) is 0 Å². The molecule has 2 saturated heterocycles. The maximum Gasteiger partial charge on any atom is 0.157 e. The zero-order valence-corrected chi connectivity index (χ0v) is 16.8. The van der Waals surface area contributed by atoms with E-state index in [2.05, 4.69) is 18.2 Å². The van der Waals surface area contributed by atoms with Crippen molar-refractivity contribution in [3.05, 3.63) is 35.4 Å². The van der Waals surface area contributed by atoms with Gasteiger partial charge in [0.15, 0.2) is 12.6 Å². The van der Waals surface area contributed by atoms with Gasteiger partial charge in [-0.3, -0.25) is 0 Å². The van der Waals surface area contributed by atoms with E-state index in [9.17, 15) is 0 Å². The summed E-state index contributed by atoms with van der Waals surface area (Å²) in [5, 5.41) is 0. The molecule has 0 N–H and O–H groups in total. The molecule has 3 rings (SSSR count). The molecule has 0 amide bonds. The van der Waals surface area contributed by atoms with Crippen LogP contribution in [0.2, 0.25) is 0 Å². The maximum absolute atomic E-state index is 5.72. The van der Waals surface area contributed by atoms with Gasteiger partial charge in [0.05, 0.1) is 39.6 Å². The molecule has 0 aliphatic carbocycles. The van der Waals surface area contributed by atoms with E-state index in [-0.39, 0.29) is 12.6 Å². The highest BCUT2D eigenvalue weighted by Crippen LogP contribution is 2.14. The largest absolute Gasteiger partial charge is 0.374 e. The lowest BCUT2D eigenvalue weighted by Crippen LogP contribution is -2.23. The first-order valence-corrected chi connectivity index (χ1v) is 10.6. The maximum atomic E-state index is 5.72. The van der Waals surface area contributed by atoms with Crippen LogP contribution in [-0.4, -0.2) is 52.2 Å². The third-order valence-electron chi connectivity index (χ3n) is 4.87. The van der Waals surface area contributed by atoms with Crippen molar-refractivity contribution in [1.29, 1.82) is 0 Å². The smallest absolute Gasteiger partial charge is 0.157 e. The SMILES string of the molecule is c1cc(COCCOC2CCCCO2)cc(COCCOC2CCCCO2)c1. The van der Waals surface area contributed by atoms with Crippen molar-refractivity contribution in [3.63, 3.8) is 0 Å². The first-order valence-electron chi connectivity index (χ1n) is 10.6. The third-order valence-corrected chi connectivity index (χ3v) is 4.87. The Bertz CT molecular complexity index is 482. The quantitative estimate of drug-likeness (QED) is 0.503. The fourth-order valence-corrected chi connectivity index (χ4v) is 3.35. The average molecular weight is 395 g/mol. The van der Waals surface area contributed by atoms with Crippen molar-refractivity contribution in [1.82, 2.24) is 0 Å². The van der Waals surface area contributed by atoms with Crippen LogP contribution in [0.4, 0.5) is 0 Å². The highest BCUT2D eigenvalue weighted by molar-refractivity contribution is 5.22. The molecule has 2 unspecified atom stereocenters. The molecule has 0 aromatic heterocycles. The monoisotopic (exact) mass is 394 g/mol. The summed E-state index contributed by atoms with van der Waals surface area (Å²) >= 11 is 0. The molecule has 0 saturated carbocycles. The first kappa shape index (κ1) is 21.7. The molecule has 0 spiro atoms. The first-order chi connectivity index (χ1) is 13.9. The Morgan fingerprint density at radius 1 is 0.714 bits per heavy atom. The van der Waals surface area contributed by atoms with E-state index in [1.807, 2.05) is 6.07 Å². The van der Waals surface area contributed by atoms with Crippen molar-refractivity contribution in [2.24, 2.45) is 0 Å². The summed E-state index contributed by atoms with van der Waals surface area (Å²) in [4.78, 5) is 0. The van der Waals surface area contributed by atoms with Crippen LogP contribution in [-0.2, 0) is 41.6 Å². The van der Waals surface area contributed by atoms with Gasteiger partial charge in [0, 0.05) is 13.2 Å². The predicted octanol–water partition coefficient (Wildman–Crippen LogP) is 3.81. The van der Waals surface area contributed by atoms with Crippen LogP contribution in [0.1, 0.15) is 49.7 Å². The Hall–Kier alpha value is -1.02. The molecule has 28 heavy (non-hydrogen) atoms. The van der Waals surface area contributed by atoms with Gasteiger partial charge >= 0.3 is 0 Å². The van der Waals surface area contributed by atoms with Crippen molar-refractivity contribution < 1.29 is 28.4 Å². The Morgan fingerprint density at radius 2 is 1.25 bits per heavy atom. The molecule has 6 heteroatoms. The number of hydrogen-bond donors (Lipinski definition) is 0. The molecule has 0 bridgehead atoms. The van der Waals surface area contributed by atoms with Crippen LogP contribution < -0.4 is 0 Å². The Balaban J connectivity index is 1.23. The summed E-state index contributed by atoms with van der Waals surface area (Å²) in [6, 6.07) is 8.29. The second-order valence-electron chi connectivity index (χ2n) is 7.26. The molecule has 0 radical (unpaired) electrons. The highest BCUT2D eigenvalue weighted by Gasteiger charge is 2.14. The summed E-state index contributed by atoms with van der Waals surface area (Å²) in [7, 11) is 0. The highest BCUT2D eigenvalue weighted by atomic mass is 16.7. The predicted molar refractivity (Wildman–Crippen MR) is 105 cm³/mol. The zero-order chi connectivity index (χ0) is 19.3. The molecule has 2 aliphatic rings. The standard InChI is InChI=1S/C22H34O6/c1-3-10-25-21(8-1)27-14-12-23-17-19-6-5-7-20(16-19)18-24-13-15-28-22-9-2-4-11-26-22/h5-7,16,21-22H,1-4,8-15,17-18H2. The normalized spacial score (nSPS) is 23.0. The number of ether oxygens (including phenoxy) is 6. The van der Waals surface area contributed by atoms with E-state index in [1.54, 1.807) is 0 Å². The minimum atomic E-state index is -0.0496. The molecule has 1 aromatic carbocycles. The van der Waals surface area contributed by atoms with Crippen LogP contribution in [0.5, 0.6) is 0 Å². The van der Waals surface area contributed by atoms with Crippen LogP contribution in [0.25, 0.3) is 0 Å². The van der Waals surface area contributed by atoms with Crippen molar-refractivity contribution in [2.45, 2.75) is 64.3 Å². The van der Waals surface area contributed by atoms with E-state index in [1.165, 1.54) is 12.8 Å². The van der Waals surface area contributed by atoms with E-state index in [0.29, 0.717) is 39.6 Å². The lowest BCUT2D eigenvalue weighted by molar-refractivity contribution is -0.169. The molecule has 2 heterocycles. The van der Waals surface area contributed by atoms with Gasteiger partial charge in [0.1, 0.15) is 0 Å². The Morgan fingerprint density at radius 3 is 1.71 bits per heavy atom. The Labute approximate surface area is 168 Å². The second kappa shape index (κ2) is 13.2. The molecular formula is C22H34O6. The third kappa shape index (κ3) is 8.55. The van der Waals surface area contributed by atoms with E-state index in [4.69, 9.17) is 28.4 Å². The summed E-state index contributed by atoms with van der Waals surface area (Å²) in [5.74, 6) is 0. The molecule has 2 atom stereocenters. The van der Waals surface area contributed by atoms with Gasteiger partial charge in [-0.1, -0.05) is 24.3 Å². The van der Waals surface area contributed by atoms with Gasteiger partial charge in [-0.05, 0) is 49.7 Å². The molecule has 158 valence electrons. The summed E-state index contributed by atoms with van der Waals surface area (Å²) in [6.45, 7) is 5.04. The van der Waals surface area contributed by atoms with Crippen molar-refractivity contribution >= 4 is 0 Å². The van der Waals surface area contributed by atoms with E-state index in [0.717, 1.165) is 50.0 Å². The second-order valence-corrected chi connectivity index (χ2v) is 7.26. The van der Waals surface area contributed by atoms with Crippen molar-refractivity contribution in [2.75, 3.05) is 39.6 Å². The number of benzene rings is 1. The lowest BCUT2D eigenvalue weighted by Gasteiger charge is -2.22. The summed E-state index contributed by atoms with van der Waals surface area (Å²) in [5.41, 5.74) is 2.28. The summed E-state index contributed by atoms with van der Waals surface area (Å²) < 4.78 is 33.9. The fraction of sp³-hybridized carbons (Fsp3) is 0.727. The number of hydrogen-bond acceptors (Lipinski definition) is 6. The lowest BCUT2D eigenvalue weighted by atomic mass is 10.1. The average Bonchev–Trinajstić information content (AvgIpc) is 2.75. The molecule has 2 aliphatic heterocycles. The van der Waals surface area contributed by atoms with E-state index >= 15 is 0 Å². The van der Waals surface area contributed by atoms with Crippen molar-refractivity contribution in [3.8, 4) is 0 Å². The molecule has 1 aromatic rings. The molecular weight excluding hydrogens is 360 g/mol. The topological polar surface area (TPSA) is 55.4 Å². The van der Waals surface area contributed by atoms with Gasteiger partial charge < -0.3 is 28.4 Å². The van der Waals surface area contributed by atoms with Gasteiger partial charge in [-0.2, -0.15) is 0 Å². The van der Waals surface area contributed by atoms with E-state index < -0.39 is 0 Å². The van der Waals surface area contributed by atoms with Gasteiger partial charge in [0.25, 0.3) is 0 Å². The van der Waals surface area contributed by atoms with Gasteiger partial charge in [-0.25, -0.2) is 0 Å². The molecule has 6 nitrogen and oxygen atoms in total. The number of rotatable bonds is 12. The van der Waals surface area contributed by atoms with Crippen LogP contribution >= 0.6 is 0 Å². The minimum absolute atomic E-state index is 0.0496. The van der Waals surface area contributed by atoms with Gasteiger partial charge in [-0.15, -0.1) is 0 Å². The van der Waals surface area contributed by atoms with Gasteiger partial charge in [0.2, 0.25) is 0 Å². The molecule has 2 fully saturated rings. The zero-order valence-electron chi connectivity index (χ0n) is 16.8. The van der Waals surface area contributed by atoms with Crippen LogP contribution in [0.15, 0.2) is 24.3 Å². The van der Waals surface area contributed by atoms with Crippen LogP contribution in [0, 0.1) is 0 Å². The Kier molecular flexibility index (Phi) is 10.3. The fourth-order valence-electron chi connectivity index (χ4n) is 3.35. The summed E-state index contributed by atoms with van der Waals surface area (Å²) in [6.07, 6.45) is 6.51. The minimum Gasteiger partial charge on any atom is -0.374 e.